The van der Waals surface area contributed by atoms with Crippen molar-refractivity contribution in [2.24, 2.45) is 11.7 Å². The molecule has 0 radical (unpaired) electrons. The molecule has 1 saturated heterocycles. The summed E-state index contributed by atoms with van der Waals surface area (Å²) >= 11 is 5.67. The normalized spacial score (nSPS) is 20.5. The van der Waals surface area contributed by atoms with Gasteiger partial charge in [0.05, 0.1) is 11.9 Å². The van der Waals surface area contributed by atoms with Gasteiger partial charge in [-0.05, 0) is 24.1 Å². The summed E-state index contributed by atoms with van der Waals surface area (Å²) in [6.45, 7) is 1.01. The molecule has 1 aliphatic rings. The largest absolute Gasteiger partial charge is 0.394 e. The van der Waals surface area contributed by atoms with Gasteiger partial charge in [0, 0.05) is 13.0 Å². The zero-order valence-electron chi connectivity index (χ0n) is 8.56. The van der Waals surface area contributed by atoms with Gasteiger partial charge < -0.3 is 11.5 Å². The van der Waals surface area contributed by atoms with Gasteiger partial charge in [-0.3, -0.25) is 9.69 Å². The molecule has 1 amide bonds. The minimum absolute atomic E-state index is 0.0306. The number of anilines is 2. The Labute approximate surface area is 97.6 Å². The summed E-state index contributed by atoms with van der Waals surface area (Å²) in [6.07, 6.45) is 1.82. The Kier molecular flexibility index (Phi) is 2.93. The van der Waals surface area contributed by atoms with Crippen molar-refractivity contribution in [3.63, 3.8) is 0 Å². The second kappa shape index (κ2) is 4.23. The van der Waals surface area contributed by atoms with E-state index in [0.717, 1.165) is 0 Å². The summed E-state index contributed by atoms with van der Waals surface area (Å²) in [5, 5.41) is 0.0770. The van der Waals surface area contributed by atoms with Crippen LogP contribution in [0, 0.1) is 5.92 Å². The molecule has 0 aromatic carbocycles. The molecule has 0 aliphatic carbocycles. The number of rotatable bonds is 2. The minimum Gasteiger partial charge on any atom is -0.394 e. The van der Waals surface area contributed by atoms with Crippen LogP contribution in [0.25, 0.3) is 0 Å². The first-order valence-electron chi connectivity index (χ1n) is 4.90. The molecule has 1 aliphatic heterocycles. The van der Waals surface area contributed by atoms with E-state index in [1.165, 1.54) is 11.1 Å². The monoisotopic (exact) mass is 241 g/mol. The Morgan fingerprint density at radius 1 is 1.62 bits per heavy atom. The van der Waals surface area contributed by atoms with Crippen molar-refractivity contribution in [2.75, 3.05) is 23.7 Å². The van der Waals surface area contributed by atoms with Crippen molar-refractivity contribution < 1.29 is 4.79 Å². The molecule has 1 aromatic heterocycles. The van der Waals surface area contributed by atoms with Crippen LogP contribution in [0.1, 0.15) is 6.42 Å². The van der Waals surface area contributed by atoms with Gasteiger partial charge in [0.1, 0.15) is 0 Å². The van der Waals surface area contributed by atoms with Crippen LogP contribution in [0.3, 0.4) is 0 Å². The van der Waals surface area contributed by atoms with E-state index in [-0.39, 0.29) is 17.1 Å². The number of nitrogens with zero attached hydrogens (tertiary/aromatic N) is 3. The molecule has 0 bridgehead atoms. The number of aromatic nitrogens is 2. The second-order valence-electron chi connectivity index (χ2n) is 3.73. The number of halogens is 1. The summed E-state index contributed by atoms with van der Waals surface area (Å²) in [5.74, 6) is 0.499. The standard InChI is InChI=1S/C9H12ClN5O/c10-9-13-3-6(12)8(14-9)15-4-5(2-11)1-7(15)16/h3,5H,1-2,4,11-12H2. The van der Waals surface area contributed by atoms with Crippen molar-refractivity contribution in [1.82, 2.24) is 9.97 Å². The maximum Gasteiger partial charge on any atom is 0.228 e. The fourth-order valence-electron chi connectivity index (χ4n) is 1.72. The van der Waals surface area contributed by atoms with E-state index in [4.69, 9.17) is 23.1 Å². The van der Waals surface area contributed by atoms with Crippen molar-refractivity contribution in [2.45, 2.75) is 6.42 Å². The Morgan fingerprint density at radius 2 is 2.38 bits per heavy atom. The number of amides is 1. The molecule has 6 nitrogen and oxygen atoms in total. The minimum atomic E-state index is -0.0306. The van der Waals surface area contributed by atoms with Crippen molar-refractivity contribution in [1.29, 1.82) is 0 Å². The maximum absolute atomic E-state index is 11.7. The summed E-state index contributed by atoms with van der Waals surface area (Å²) in [5.41, 5.74) is 11.6. The van der Waals surface area contributed by atoms with E-state index in [2.05, 4.69) is 9.97 Å². The molecule has 0 spiro atoms. The predicted octanol–water partition coefficient (Wildman–Crippen LogP) is 0.0238. The van der Waals surface area contributed by atoms with Gasteiger partial charge in [0.25, 0.3) is 0 Å². The number of nitrogens with two attached hydrogens (primary N) is 2. The van der Waals surface area contributed by atoms with E-state index in [1.807, 2.05) is 0 Å². The first kappa shape index (κ1) is 11.1. The summed E-state index contributed by atoms with van der Waals surface area (Å²) in [4.78, 5) is 20.9. The summed E-state index contributed by atoms with van der Waals surface area (Å²) in [7, 11) is 0. The van der Waals surface area contributed by atoms with E-state index in [1.54, 1.807) is 0 Å². The van der Waals surface area contributed by atoms with Gasteiger partial charge in [0.2, 0.25) is 11.2 Å². The van der Waals surface area contributed by atoms with Crippen LogP contribution >= 0.6 is 11.6 Å². The molecular formula is C9H12ClN5O. The number of nitrogen functional groups attached to an aromatic ring is 1. The average molecular weight is 242 g/mol. The van der Waals surface area contributed by atoms with E-state index in [0.29, 0.717) is 31.0 Å². The van der Waals surface area contributed by atoms with Crippen LogP contribution in [0.5, 0.6) is 0 Å². The van der Waals surface area contributed by atoms with Crippen LogP contribution < -0.4 is 16.4 Å². The topological polar surface area (TPSA) is 98.1 Å². The highest BCUT2D eigenvalue weighted by Crippen LogP contribution is 2.27. The number of carbonyl (C=O) groups is 1. The maximum atomic E-state index is 11.7. The Morgan fingerprint density at radius 3 is 3.00 bits per heavy atom. The molecular weight excluding hydrogens is 230 g/mol. The van der Waals surface area contributed by atoms with Gasteiger partial charge >= 0.3 is 0 Å². The Bertz CT molecular complexity index is 424. The quantitative estimate of drug-likeness (QED) is 0.712. The first-order valence-corrected chi connectivity index (χ1v) is 5.28. The molecule has 2 rings (SSSR count). The lowest BCUT2D eigenvalue weighted by Crippen LogP contribution is -2.27. The first-order chi connectivity index (χ1) is 7.61. The fourth-order valence-corrected chi connectivity index (χ4v) is 1.85. The smallest absolute Gasteiger partial charge is 0.228 e. The zero-order chi connectivity index (χ0) is 11.7. The molecule has 86 valence electrons. The SMILES string of the molecule is NCC1CC(=O)N(c2nc(Cl)ncc2N)C1. The van der Waals surface area contributed by atoms with Gasteiger partial charge in [-0.2, -0.15) is 4.98 Å². The molecule has 1 atom stereocenters. The molecule has 1 unspecified atom stereocenters. The third kappa shape index (κ3) is 1.94. The highest BCUT2D eigenvalue weighted by molar-refractivity contribution is 6.28. The molecule has 0 saturated carbocycles. The van der Waals surface area contributed by atoms with Gasteiger partial charge in [-0.1, -0.05) is 0 Å². The molecule has 16 heavy (non-hydrogen) atoms. The molecule has 7 heteroatoms. The van der Waals surface area contributed by atoms with Crippen molar-refractivity contribution in [3.8, 4) is 0 Å². The van der Waals surface area contributed by atoms with Crippen LogP contribution in [0.15, 0.2) is 6.20 Å². The van der Waals surface area contributed by atoms with Crippen molar-refractivity contribution in [3.05, 3.63) is 11.5 Å². The third-order valence-corrected chi connectivity index (χ3v) is 2.74. The number of hydrogen-bond acceptors (Lipinski definition) is 5. The van der Waals surface area contributed by atoms with E-state index >= 15 is 0 Å². The van der Waals surface area contributed by atoms with Gasteiger partial charge in [-0.25, -0.2) is 4.98 Å². The molecule has 4 N–H and O–H groups in total. The Hall–Kier alpha value is -1.40. The van der Waals surface area contributed by atoms with Crippen molar-refractivity contribution >= 4 is 29.0 Å². The molecule has 1 fully saturated rings. The van der Waals surface area contributed by atoms with Gasteiger partial charge in [-0.15, -0.1) is 0 Å². The second-order valence-corrected chi connectivity index (χ2v) is 4.07. The zero-order valence-corrected chi connectivity index (χ0v) is 9.31. The van der Waals surface area contributed by atoms with Crippen LogP contribution in [-0.4, -0.2) is 29.0 Å². The van der Waals surface area contributed by atoms with E-state index < -0.39 is 0 Å². The van der Waals surface area contributed by atoms with Gasteiger partial charge in [0.15, 0.2) is 5.82 Å². The number of carbonyl (C=O) groups excluding carboxylic acids is 1. The lowest BCUT2D eigenvalue weighted by molar-refractivity contribution is -0.117. The predicted molar refractivity (Wildman–Crippen MR) is 61.0 cm³/mol. The summed E-state index contributed by atoms with van der Waals surface area (Å²) < 4.78 is 0. The highest BCUT2D eigenvalue weighted by atomic mass is 35.5. The Balaban J connectivity index is 2.30. The van der Waals surface area contributed by atoms with E-state index in [9.17, 15) is 4.79 Å². The fraction of sp³-hybridized carbons (Fsp3) is 0.444. The lowest BCUT2D eigenvalue weighted by atomic mass is 10.1. The van der Waals surface area contributed by atoms with Crippen LogP contribution in [0.4, 0.5) is 11.5 Å². The highest BCUT2D eigenvalue weighted by Gasteiger charge is 2.31. The molecule has 1 aromatic rings. The third-order valence-electron chi connectivity index (χ3n) is 2.56. The number of hydrogen-bond donors (Lipinski definition) is 2. The average Bonchev–Trinajstić information content (AvgIpc) is 2.63. The van der Waals surface area contributed by atoms with Crippen LogP contribution in [0.2, 0.25) is 5.28 Å². The lowest BCUT2D eigenvalue weighted by Gasteiger charge is -2.16. The summed E-state index contributed by atoms with van der Waals surface area (Å²) in [6, 6.07) is 0. The van der Waals surface area contributed by atoms with Crippen LogP contribution in [-0.2, 0) is 4.79 Å². The molecule has 2 heterocycles.